The van der Waals surface area contributed by atoms with E-state index in [-0.39, 0.29) is 6.10 Å². The smallest absolute Gasteiger partial charge is 0.0692 e. The summed E-state index contributed by atoms with van der Waals surface area (Å²) in [6.07, 6.45) is 10.4. The van der Waals surface area contributed by atoms with Gasteiger partial charge < -0.3 is 10.4 Å². The first-order valence-electron chi connectivity index (χ1n) is 7.66. The van der Waals surface area contributed by atoms with Gasteiger partial charge in [0.2, 0.25) is 0 Å². The molecule has 0 aromatic carbocycles. The maximum absolute atomic E-state index is 10.0. The van der Waals surface area contributed by atoms with Gasteiger partial charge in [-0.1, -0.05) is 52.4 Å². The van der Waals surface area contributed by atoms with Gasteiger partial charge in [0.1, 0.15) is 0 Å². The first-order valence-corrected chi connectivity index (χ1v) is 7.66. The summed E-state index contributed by atoms with van der Waals surface area (Å²) >= 11 is 0. The summed E-state index contributed by atoms with van der Waals surface area (Å²) in [5.41, 5.74) is 0. The number of hydrogen-bond acceptors (Lipinski definition) is 2. The first-order chi connectivity index (χ1) is 8.27. The van der Waals surface area contributed by atoms with Crippen molar-refractivity contribution in [1.82, 2.24) is 5.32 Å². The number of aliphatic hydroxyl groups excluding tert-OH is 1. The van der Waals surface area contributed by atoms with Crippen LogP contribution in [0.5, 0.6) is 0 Å². The molecule has 0 radical (unpaired) electrons. The minimum Gasteiger partial charge on any atom is -0.392 e. The Morgan fingerprint density at radius 1 is 1.06 bits per heavy atom. The molecule has 1 fully saturated rings. The molecule has 1 rings (SSSR count). The molecule has 1 saturated carbocycles. The predicted octanol–water partition coefficient (Wildman–Crippen LogP) is 3.34. The Morgan fingerprint density at radius 3 is 2.18 bits per heavy atom. The van der Waals surface area contributed by atoms with Gasteiger partial charge >= 0.3 is 0 Å². The largest absolute Gasteiger partial charge is 0.392 e. The summed E-state index contributed by atoms with van der Waals surface area (Å²) in [5.74, 6) is 1.32. The van der Waals surface area contributed by atoms with E-state index in [2.05, 4.69) is 19.2 Å². The van der Waals surface area contributed by atoms with Gasteiger partial charge in [-0.05, 0) is 31.2 Å². The van der Waals surface area contributed by atoms with Crippen molar-refractivity contribution in [2.75, 3.05) is 13.1 Å². The lowest BCUT2D eigenvalue weighted by molar-refractivity contribution is 0.100. The summed E-state index contributed by atoms with van der Waals surface area (Å²) in [6.45, 7) is 6.23. The molecule has 0 heterocycles. The Bertz CT molecular complexity index is 170. The third-order valence-corrected chi connectivity index (χ3v) is 4.35. The van der Waals surface area contributed by atoms with E-state index >= 15 is 0 Å². The molecule has 0 amide bonds. The normalized spacial score (nSPS) is 20.5. The van der Waals surface area contributed by atoms with Crippen LogP contribution < -0.4 is 5.32 Å². The zero-order valence-electron chi connectivity index (χ0n) is 11.8. The van der Waals surface area contributed by atoms with Crippen molar-refractivity contribution in [2.45, 2.75) is 71.3 Å². The van der Waals surface area contributed by atoms with Crippen molar-refractivity contribution in [3.8, 4) is 0 Å². The van der Waals surface area contributed by atoms with Gasteiger partial charge in [0.15, 0.2) is 0 Å². The van der Waals surface area contributed by atoms with Crippen molar-refractivity contribution >= 4 is 0 Å². The molecule has 0 aromatic rings. The molecule has 2 N–H and O–H groups in total. The number of hydrogen-bond donors (Lipinski definition) is 2. The van der Waals surface area contributed by atoms with Crippen molar-refractivity contribution in [1.29, 1.82) is 0 Å². The minimum absolute atomic E-state index is 0.157. The van der Waals surface area contributed by atoms with Crippen molar-refractivity contribution in [2.24, 2.45) is 11.8 Å². The molecule has 0 saturated heterocycles. The molecular weight excluding hydrogens is 210 g/mol. The van der Waals surface area contributed by atoms with Crippen LogP contribution in [0, 0.1) is 11.8 Å². The van der Waals surface area contributed by atoms with Crippen LogP contribution in [0.2, 0.25) is 0 Å². The Hall–Kier alpha value is -0.0800. The van der Waals surface area contributed by atoms with Crippen LogP contribution in [-0.2, 0) is 0 Å². The second kappa shape index (κ2) is 8.93. The number of aliphatic hydroxyl groups is 1. The molecule has 1 atom stereocenters. The van der Waals surface area contributed by atoms with E-state index in [9.17, 15) is 5.11 Å². The summed E-state index contributed by atoms with van der Waals surface area (Å²) < 4.78 is 0. The highest BCUT2D eigenvalue weighted by atomic mass is 16.3. The van der Waals surface area contributed by atoms with Gasteiger partial charge in [0, 0.05) is 6.54 Å². The van der Waals surface area contributed by atoms with Crippen LogP contribution in [0.4, 0.5) is 0 Å². The average Bonchev–Trinajstić information content (AvgIpc) is 2.59. The van der Waals surface area contributed by atoms with Crippen LogP contribution in [0.15, 0.2) is 0 Å². The SMILES string of the molecule is CCC(CC)C(O)CNCC1CCCCCC1. The maximum Gasteiger partial charge on any atom is 0.0692 e. The molecule has 1 unspecified atom stereocenters. The molecule has 0 aromatic heterocycles. The zero-order valence-corrected chi connectivity index (χ0v) is 11.8. The third-order valence-electron chi connectivity index (χ3n) is 4.35. The van der Waals surface area contributed by atoms with Gasteiger partial charge in [-0.2, -0.15) is 0 Å². The zero-order chi connectivity index (χ0) is 12.5. The van der Waals surface area contributed by atoms with E-state index in [1.165, 1.54) is 38.5 Å². The van der Waals surface area contributed by atoms with Crippen molar-refractivity contribution in [3.05, 3.63) is 0 Å². The van der Waals surface area contributed by atoms with Crippen LogP contribution in [0.3, 0.4) is 0 Å². The quantitative estimate of drug-likeness (QED) is 0.670. The lowest BCUT2D eigenvalue weighted by Gasteiger charge is -2.22. The Morgan fingerprint density at radius 2 is 1.65 bits per heavy atom. The fourth-order valence-corrected chi connectivity index (χ4v) is 3.00. The van der Waals surface area contributed by atoms with Crippen LogP contribution in [-0.4, -0.2) is 24.3 Å². The second-order valence-corrected chi connectivity index (χ2v) is 5.66. The molecular formula is C15H31NO. The van der Waals surface area contributed by atoms with E-state index in [1.807, 2.05) is 0 Å². The van der Waals surface area contributed by atoms with Gasteiger partial charge in [0.25, 0.3) is 0 Å². The predicted molar refractivity (Wildman–Crippen MR) is 74.1 cm³/mol. The summed E-state index contributed by atoms with van der Waals surface area (Å²) in [7, 11) is 0. The molecule has 2 heteroatoms. The topological polar surface area (TPSA) is 32.3 Å². The molecule has 17 heavy (non-hydrogen) atoms. The monoisotopic (exact) mass is 241 g/mol. The van der Waals surface area contributed by atoms with Crippen molar-refractivity contribution in [3.63, 3.8) is 0 Å². The fraction of sp³-hybridized carbons (Fsp3) is 1.00. The van der Waals surface area contributed by atoms with Crippen LogP contribution in [0.1, 0.15) is 65.2 Å². The summed E-state index contributed by atoms with van der Waals surface area (Å²) in [5, 5.41) is 13.5. The molecule has 102 valence electrons. The Balaban J connectivity index is 2.13. The van der Waals surface area contributed by atoms with E-state index in [1.54, 1.807) is 0 Å². The van der Waals surface area contributed by atoms with E-state index < -0.39 is 0 Å². The third kappa shape index (κ3) is 5.87. The van der Waals surface area contributed by atoms with E-state index in [0.717, 1.165) is 31.8 Å². The summed E-state index contributed by atoms with van der Waals surface area (Å²) in [6, 6.07) is 0. The van der Waals surface area contributed by atoms with Crippen LogP contribution >= 0.6 is 0 Å². The standard InChI is InChI=1S/C15H31NO/c1-3-14(4-2)15(17)12-16-11-13-9-7-5-6-8-10-13/h13-17H,3-12H2,1-2H3. The fourth-order valence-electron chi connectivity index (χ4n) is 3.00. The number of rotatable bonds is 7. The highest BCUT2D eigenvalue weighted by Crippen LogP contribution is 2.22. The lowest BCUT2D eigenvalue weighted by atomic mass is 9.96. The van der Waals surface area contributed by atoms with Gasteiger partial charge in [-0.15, -0.1) is 0 Å². The first kappa shape index (κ1) is 15.0. The van der Waals surface area contributed by atoms with Gasteiger partial charge in [0.05, 0.1) is 6.10 Å². The van der Waals surface area contributed by atoms with Gasteiger partial charge in [-0.3, -0.25) is 0 Å². The molecule has 0 spiro atoms. The van der Waals surface area contributed by atoms with Crippen molar-refractivity contribution < 1.29 is 5.11 Å². The highest BCUT2D eigenvalue weighted by molar-refractivity contribution is 4.71. The number of nitrogens with one attached hydrogen (secondary N) is 1. The van der Waals surface area contributed by atoms with E-state index in [4.69, 9.17) is 0 Å². The Kier molecular flexibility index (Phi) is 7.87. The highest BCUT2D eigenvalue weighted by Gasteiger charge is 2.16. The van der Waals surface area contributed by atoms with E-state index in [0.29, 0.717) is 5.92 Å². The second-order valence-electron chi connectivity index (χ2n) is 5.66. The molecule has 0 bridgehead atoms. The Labute approximate surface area is 107 Å². The molecule has 1 aliphatic carbocycles. The average molecular weight is 241 g/mol. The molecule has 2 nitrogen and oxygen atoms in total. The maximum atomic E-state index is 10.0. The minimum atomic E-state index is -0.157. The molecule has 0 aliphatic heterocycles. The summed E-state index contributed by atoms with van der Waals surface area (Å²) in [4.78, 5) is 0. The van der Waals surface area contributed by atoms with Gasteiger partial charge in [-0.25, -0.2) is 0 Å². The van der Waals surface area contributed by atoms with Crippen LogP contribution in [0.25, 0.3) is 0 Å². The lowest BCUT2D eigenvalue weighted by Crippen LogP contribution is -2.35. The molecule has 1 aliphatic rings.